The Labute approximate surface area is 158 Å². The number of amides is 1. The maximum Gasteiger partial charge on any atom is 0.258 e. The number of rotatable bonds is 7. The van der Waals surface area contributed by atoms with E-state index in [1.165, 1.54) is 7.11 Å². The third-order valence-corrected chi connectivity index (χ3v) is 4.08. The molecule has 0 spiro atoms. The van der Waals surface area contributed by atoms with Crippen LogP contribution < -0.4 is 4.74 Å². The van der Waals surface area contributed by atoms with Gasteiger partial charge in [0.25, 0.3) is 5.91 Å². The Morgan fingerprint density at radius 3 is 2.67 bits per heavy atom. The van der Waals surface area contributed by atoms with Gasteiger partial charge in [0.05, 0.1) is 12.7 Å². The van der Waals surface area contributed by atoms with Gasteiger partial charge < -0.3 is 14.2 Å². The number of hydrogen-bond donors (Lipinski definition) is 0. The van der Waals surface area contributed by atoms with Crippen LogP contribution in [0.1, 0.15) is 21.8 Å². The molecule has 3 aromatic rings. The van der Waals surface area contributed by atoms with E-state index in [4.69, 9.17) is 9.26 Å². The molecule has 6 nitrogen and oxygen atoms in total. The Kier molecular flexibility index (Phi) is 5.66. The molecule has 138 valence electrons. The highest BCUT2D eigenvalue weighted by Gasteiger charge is 2.21. The first-order valence-electron chi connectivity index (χ1n) is 8.55. The molecule has 0 atom stereocenters. The first-order chi connectivity index (χ1) is 13.1. The minimum Gasteiger partial charge on any atom is -0.496 e. The molecule has 0 saturated heterocycles. The van der Waals surface area contributed by atoms with Crippen molar-refractivity contribution in [1.82, 2.24) is 15.0 Å². The summed E-state index contributed by atoms with van der Waals surface area (Å²) in [7, 11) is 1.54. The van der Waals surface area contributed by atoms with Gasteiger partial charge in [0.15, 0.2) is 0 Å². The van der Waals surface area contributed by atoms with Gasteiger partial charge in [-0.15, -0.1) is 6.58 Å². The number of carbonyl (C=O) groups is 1. The lowest BCUT2D eigenvalue weighted by Crippen LogP contribution is -2.31. The van der Waals surface area contributed by atoms with Crippen molar-refractivity contribution in [2.75, 3.05) is 13.7 Å². The molecule has 1 aromatic heterocycles. The third-order valence-electron chi connectivity index (χ3n) is 4.08. The van der Waals surface area contributed by atoms with Crippen LogP contribution in [0.4, 0.5) is 0 Å². The summed E-state index contributed by atoms with van der Waals surface area (Å²) in [5, 5.41) is 4.02. The Bertz CT molecular complexity index is 932. The van der Waals surface area contributed by atoms with E-state index in [-0.39, 0.29) is 12.5 Å². The van der Waals surface area contributed by atoms with Gasteiger partial charge in [-0.05, 0) is 19.1 Å². The number of ether oxygens (including phenoxy) is 1. The van der Waals surface area contributed by atoms with Gasteiger partial charge in [-0.1, -0.05) is 53.2 Å². The number of hydrogen-bond acceptors (Lipinski definition) is 5. The van der Waals surface area contributed by atoms with Crippen molar-refractivity contribution in [2.45, 2.75) is 13.5 Å². The molecular weight excluding hydrogens is 342 g/mol. The maximum atomic E-state index is 12.9. The van der Waals surface area contributed by atoms with Crippen LogP contribution in [0.15, 0.2) is 65.7 Å². The molecule has 2 aromatic carbocycles. The lowest BCUT2D eigenvalue weighted by atomic mass is 10.1. The molecule has 0 N–H and O–H groups in total. The summed E-state index contributed by atoms with van der Waals surface area (Å²) in [6, 6.07) is 14.9. The minimum atomic E-state index is -0.192. The highest BCUT2D eigenvalue weighted by molar-refractivity contribution is 5.97. The first kappa shape index (κ1) is 18.4. The summed E-state index contributed by atoms with van der Waals surface area (Å²) >= 11 is 0. The van der Waals surface area contributed by atoms with E-state index in [9.17, 15) is 4.79 Å². The molecule has 0 fully saturated rings. The average molecular weight is 363 g/mol. The van der Waals surface area contributed by atoms with E-state index in [2.05, 4.69) is 16.7 Å². The Morgan fingerprint density at radius 2 is 1.96 bits per heavy atom. The maximum absolute atomic E-state index is 12.9. The Morgan fingerprint density at radius 1 is 1.22 bits per heavy atom. The van der Waals surface area contributed by atoms with Gasteiger partial charge in [0, 0.05) is 12.1 Å². The quantitative estimate of drug-likeness (QED) is 0.596. The number of para-hydroxylation sites is 1. The molecule has 0 saturated carbocycles. The molecule has 0 aliphatic heterocycles. The van der Waals surface area contributed by atoms with Crippen LogP contribution in [0.3, 0.4) is 0 Å². The fourth-order valence-corrected chi connectivity index (χ4v) is 2.67. The molecule has 0 unspecified atom stereocenters. The first-order valence-corrected chi connectivity index (χ1v) is 8.55. The topological polar surface area (TPSA) is 68.5 Å². The van der Waals surface area contributed by atoms with Gasteiger partial charge in [0.2, 0.25) is 11.7 Å². The largest absolute Gasteiger partial charge is 0.496 e. The lowest BCUT2D eigenvalue weighted by Gasteiger charge is -2.20. The van der Waals surface area contributed by atoms with Gasteiger partial charge in [-0.25, -0.2) is 0 Å². The summed E-state index contributed by atoms with van der Waals surface area (Å²) in [5.74, 6) is 1.17. The number of aromatic nitrogens is 2. The lowest BCUT2D eigenvalue weighted by molar-refractivity contribution is 0.0742. The summed E-state index contributed by atoms with van der Waals surface area (Å²) in [5.41, 5.74) is 2.49. The van der Waals surface area contributed by atoms with E-state index >= 15 is 0 Å². The van der Waals surface area contributed by atoms with Gasteiger partial charge in [0.1, 0.15) is 12.3 Å². The van der Waals surface area contributed by atoms with Crippen molar-refractivity contribution in [3.8, 4) is 17.1 Å². The van der Waals surface area contributed by atoms with Gasteiger partial charge >= 0.3 is 0 Å². The fraction of sp³-hybridized carbons (Fsp3) is 0.190. The van der Waals surface area contributed by atoms with Crippen LogP contribution >= 0.6 is 0 Å². The molecule has 1 heterocycles. The summed E-state index contributed by atoms with van der Waals surface area (Å²) < 4.78 is 10.6. The van der Waals surface area contributed by atoms with Crippen LogP contribution in [0.2, 0.25) is 0 Å². The number of carbonyl (C=O) groups excluding carboxylic acids is 1. The van der Waals surface area contributed by atoms with Crippen molar-refractivity contribution in [3.05, 3.63) is 78.2 Å². The standard InChI is InChI=1S/C21H21N3O3/c1-4-13-24(21(25)17-7-5-6-8-18(17)26-3)14-19-22-20(23-27-19)16-11-9-15(2)10-12-16/h4-12H,1,13-14H2,2-3H3. The van der Waals surface area contributed by atoms with Crippen molar-refractivity contribution in [1.29, 1.82) is 0 Å². The number of benzene rings is 2. The molecule has 3 rings (SSSR count). The molecule has 1 amide bonds. The SMILES string of the molecule is C=CCN(Cc1nc(-c2ccc(C)cc2)no1)C(=O)c1ccccc1OC. The van der Waals surface area contributed by atoms with Crippen molar-refractivity contribution in [3.63, 3.8) is 0 Å². The van der Waals surface area contributed by atoms with E-state index in [0.717, 1.165) is 11.1 Å². The zero-order valence-electron chi connectivity index (χ0n) is 15.4. The van der Waals surface area contributed by atoms with Crippen LogP contribution in [0.25, 0.3) is 11.4 Å². The summed E-state index contributed by atoms with van der Waals surface area (Å²) in [4.78, 5) is 18.9. The van der Waals surface area contributed by atoms with E-state index < -0.39 is 0 Å². The molecular formula is C21H21N3O3. The minimum absolute atomic E-state index is 0.182. The Hall–Kier alpha value is -3.41. The molecule has 0 radical (unpaired) electrons. The molecule has 27 heavy (non-hydrogen) atoms. The highest BCUT2D eigenvalue weighted by atomic mass is 16.5. The summed E-state index contributed by atoms with van der Waals surface area (Å²) in [6.07, 6.45) is 1.66. The smallest absolute Gasteiger partial charge is 0.258 e. The third kappa shape index (κ3) is 4.23. The van der Waals surface area contributed by atoms with Gasteiger partial charge in [-0.2, -0.15) is 4.98 Å². The molecule has 0 aliphatic rings. The number of nitrogens with zero attached hydrogens (tertiary/aromatic N) is 3. The highest BCUT2D eigenvalue weighted by Crippen LogP contribution is 2.21. The van der Waals surface area contributed by atoms with E-state index in [1.54, 1.807) is 29.2 Å². The fourth-order valence-electron chi connectivity index (χ4n) is 2.67. The van der Waals surface area contributed by atoms with Crippen molar-refractivity contribution in [2.24, 2.45) is 0 Å². The van der Waals surface area contributed by atoms with E-state index in [0.29, 0.717) is 29.6 Å². The average Bonchev–Trinajstić information content (AvgIpc) is 3.16. The van der Waals surface area contributed by atoms with Crippen molar-refractivity contribution < 1.29 is 14.1 Å². The second kappa shape index (κ2) is 8.31. The predicted octanol–water partition coefficient (Wildman–Crippen LogP) is 3.88. The second-order valence-corrected chi connectivity index (χ2v) is 6.05. The zero-order chi connectivity index (χ0) is 19.2. The van der Waals surface area contributed by atoms with Gasteiger partial charge in [-0.3, -0.25) is 4.79 Å². The second-order valence-electron chi connectivity index (χ2n) is 6.05. The summed E-state index contributed by atoms with van der Waals surface area (Å²) in [6.45, 7) is 6.27. The van der Waals surface area contributed by atoms with Crippen molar-refractivity contribution >= 4 is 5.91 Å². The molecule has 6 heteroatoms. The number of methoxy groups -OCH3 is 1. The normalized spacial score (nSPS) is 10.4. The Balaban J connectivity index is 1.81. The molecule has 0 bridgehead atoms. The van der Waals surface area contributed by atoms with Crippen LogP contribution in [0.5, 0.6) is 5.75 Å². The predicted molar refractivity (Wildman–Crippen MR) is 102 cm³/mol. The van der Waals surface area contributed by atoms with Crippen LogP contribution in [-0.4, -0.2) is 34.6 Å². The van der Waals surface area contributed by atoms with E-state index in [1.807, 2.05) is 37.3 Å². The van der Waals surface area contributed by atoms with Crippen LogP contribution in [-0.2, 0) is 6.54 Å². The zero-order valence-corrected chi connectivity index (χ0v) is 15.4. The number of aryl methyl sites for hydroxylation is 1. The molecule has 0 aliphatic carbocycles. The van der Waals surface area contributed by atoms with Crippen LogP contribution in [0, 0.1) is 6.92 Å². The monoisotopic (exact) mass is 363 g/mol.